The van der Waals surface area contributed by atoms with Crippen molar-refractivity contribution in [2.75, 3.05) is 0 Å². The third-order valence-corrected chi connectivity index (χ3v) is 1.88. The minimum Gasteiger partial charge on any atom is -0.427 e. The van der Waals surface area contributed by atoms with Crippen LogP contribution in [0.5, 0.6) is 0 Å². The Labute approximate surface area is 77.8 Å². The largest absolute Gasteiger partial charge is 0.451 e. The quantitative estimate of drug-likeness (QED) is 0.594. The molecule has 70 valence electrons. The smallest absolute Gasteiger partial charge is 0.427 e. The van der Waals surface area contributed by atoms with Crippen LogP contribution >= 0.6 is 0 Å². The van der Waals surface area contributed by atoms with Gasteiger partial charge in [0, 0.05) is 0 Å². The molecule has 0 bridgehead atoms. The Morgan fingerprint density at radius 3 is 2.31 bits per heavy atom. The van der Waals surface area contributed by atoms with Crippen molar-refractivity contribution in [3.63, 3.8) is 0 Å². The molecule has 4 heteroatoms. The molecule has 1 aromatic rings. The van der Waals surface area contributed by atoms with Crippen LogP contribution in [-0.2, 0) is 0 Å². The number of aliphatic hydroxyl groups is 1. The molecule has 0 aromatic heterocycles. The standard InChI is InChI=1S/C9H13BO3/c11-9(6-7-10(12)13)8-4-2-1-3-5-8/h1-5,9,11-13H,6-7H2. The van der Waals surface area contributed by atoms with Crippen molar-refractivity contribution < 1.29 is 15.2 Å². The van der Waals surface area contributed by atoms with Gasteiger partial charge in [-0.1, -0.05) is 30.3 Å². The van der Waals surface area contributed by atoms with Gasteiger partial charge in [0.1, 0.15) is 0 Å². The Hall–Kier alpha value is -0.835. The third-order valence-electron chi connectivity index (χ3n) is 1.88. The van der Waals surface area contributed by atoms with E-state index in [1.165, 1.54) is 0 Å². The lowest BCUT2D eigenvalue weighted by atomic mass is 9.82. The first-order chi connectivity index (χ1) is 6.20. The van der Waals surface area contributed by atoms with Gasteiger partial charge in [0.15, 0.2) is 0 Å². The molecule has 0 saturated carbocycles. The van der Waals surface area contributed by atoms with Crippen molar-refractivity contribution in [3.8, 4) is 0 Å². The van der Waals surface area contributed by atoms with E-state index in [-0.39, 0.29) is 6.32 Å². The van der Waals surface area contributed by atoms with Gasteiger partial charge in [-0.3, -0.25) is 0 Å². The van der Waals surface area contributed by atoms with Crippen LogP contribution in [0.4, 0.5) is 0 Å². The predicted octanol–water partition coefficient (Wildman–Crippen LogP) is 0.583. The van der Waals surface area contributed by atoms with Crippen molar-refractivity contribution in [2.45, 2.75) is 18.8 Å². The maximum atomic E-state index is 9.55. The van der Waals surface area contributed by atoms with Gasteiger partial charge in [0.2, 0.25) is 0 Å². The van der Waals surface area contributed by atoms with Crippen LogP contribution in [0.1, 0.15) is 18.1 Å². The van der Waals surface area contributed by atoms with E-state index in [9.17, 15) is 5.11 Å². The lowest BCUT2D eigenvalue weighted by molar-refractivity contribution is 0.170. The summed E-state index contributed by atoms with van der Waals surface area (Å²) in [4.78, 5) is 0. The Kier molecular flexibility index (Phi) is 3.95. The van der Waals surface area contributed by atoms with Gasteiger partial charge < -0.3 is 15.2 Å². The highest BCUT2D eigenvalue weighted by molar-refractivity contribution is 6.40. The summed E-state index contributed by atoms with van der Waals surface area (Å²) in [6.07, 6.45) is -0.0550. The van der Waals surface area contributed by atoms with E-state index < -0.39 is 13.2 Å². The molecule has 3 N–H and O–H groups in total. The van der Waals surface area contributed by atoms with E-state index in [0.29, 0.717) is 6.42 Å². The van der Waals surface area contributed by atoms with E-state index in [2.05, 4.69) is 0 Å². The normalized spacial score (nSPS) is 12.5. The number of aliphatic hydroxyl groups excluding tert-OH is 1. The van der Waals surface area contributed by atoms with Crippen molar-refractivity contribution in [1.29, 1.82) is 0 Å². The van der Waals surface area contributed by atoms with E-state index in [1.807, 2.05) is 30.3 Å². The van der Waals surface area contributed by atoms with Gasteiger partial charge in [0.05, 0.1) is 6.10 Å². The Balaban J connectivity index is 2.44. The number of benzene rings is 1. The third kappa shape index (κ3) is 3.59. The molecular weight excluding hydrogens is 167 g/mol. The van der Waals surface area contributed by atoms with Crippen LogP contribution < -0.4 is 0 Å². The second-order valence-corrected chi connectivity index (χ2v) is 2.98. The van der Waals surface area contributed by atoms with Gasteiger partial charge in [-0.25, -0.2) is 0 Å². The maximum Gasteiger partial charge on any atom is 0.451 e. The number of hydrogen-bond donors (Lipinski definition) is 3. The van der Waals surface area contributed by atoms with Crippen LogP contribution in [-0.4, -0.2) is 22.3 Å². The monoisotopic (exact) mass is 180 g/mol. The molecule has 0 aliphatic carbocycles. The molecule has 0 heterocycles. The second-order valence-electron chi connectivity index (χ2n) is 2.98. The Morgan fingerprint density at radius 2 is 1.77 bits per heavy atom. The van der Waals surface area contributed by atoms with Gasteiger partial charge in [0.25, 0.3) is 0 Å². The molecule has 1 rings (SSSR count). The lowest BCUT2D eigenvalue weighted by Gasteiger charge is -2.09. The fourth-order valence-electron chi connectivity index (χ4n) is 1.15. The fraction of sp³-hybridized carbons (Fsp3) is 0.333. The molecule has 3 nitrogen and oxygen atoms in total. The van der Waals surface area contributed by atoms with E-state index in [4.69, 9.17) is 10.0 Å². The zero-order chi connectivity index (χ0) is 9.68. The van der Waals surface area contributed by atoms with Crippen LogP contribution in [0.15, 0.2) is 30.3 Å². The van der Waals surface area contributed by atoms with Crippen molar-refractivity contribution in [1.82, 2.24) is 0 Å². The molecular formula is C9H13BO3. The van der Waals surface area contributed by atoms with Gasteiger partial charge in [-0.15, -0.1) is 0 Å². The first-order valence-corrected chi connectivity index (χ1v) is 4.29. The van der Waals surface area contributed by atoms with Crippen LogP contribution in [0.25, 0.3) is 0 Å². The zero-order valence-corrected chi connectivity index (χ0v) is 7.30. The summed E-state index contributed by atoms with van der Waals surface area (Å²) < 4.78 is 0. The first-order valence-electron chi connectivity index (χ1n) is 4.29. The molecule has 0 amide bonds. The SMILES string of the molecule is OB(O)CCC(O)c1ccccc1. The average Bonchev–Trinajstić information content (AvgIpc) is 2.15. The Morgan fingerprint density at radius 1 is 1.15 bits per heavy atom. The molecule has 1 atom stereocenters. The summed E-state index contributed by atoms with van der Waals surface area (Å²) in [5, 5.41) is 26.7. The Bertz CT molecular complexity index is 238. The highest BCUT2D eigenvalue weighted by Crippen LogP contribution is 2.17. The van der Waals surface area contributed by atoms with Gasteiger partial charge in [-0.2, -0.15) is 0 Å². The lowest BCUT2D eigenvalue weighted by Crippen LogP contribution is -2.12. The molecule has 0 saturated heterocycles. The van der Waals surface area contributed by atoms with Gasteiger partial charge >= 0.3 is 7.12 Å². The molecule has 1 aromatic carbocycles. The summed E-state index contributed by atoms with van der Waals surface area (Å²) in [7, 11) is -1.33. The summed E-state index contributed by atoms with van der Waals surface area (Å²) >= 11 is 0. The summed E-state index contributed by atoms with van der Waals surface area (Å²) in [5.74, 6) is 0. The van der Waals surface area contributed by atoms with Gasteiger partial charge in [-0.05, 0) is 18.3 Å². The van der Waals surface area contributed by atoms with E-state index >= 15 is 0 Å². The van der Waals surface area contributed by atoms with E-state index in [0.717, 1.165) is 5.56 Å². The number of hydrogen-bond acceptors (Lipinski definition) is 3. The molecule has 1 unspecified atom stereocenters. The molecule has 0 aliphatic heterocycles. The average molecular weight is 180 g/mol. The van der Waals surface area contributed by atoms with Crippen molar-refractivity contribution in [2.24, 2.45) is 0 Å². The van der Waals surface area contributed by atoms with Crippen LogP contribution in [0.2, 0.25) is 6.32 Å². The maximum absolute atomic E-state index is 9.55. The second kappa shape index (κ2) is 5.02. The number of rotatable bonds is 4. The molecule has 0 aliphatic rings. The predicted molar refractivity (Wildman–Crippen MR) is 51.0 cm³/mol. The van der Waals surface area contributed by atoms with E-state index in [1.54, 1.807) is 0 Å². The summed E-state index contributed by atoms with van der Waals surface area (Å²) in [6.45, 7) is 0. The van der Waals surface area contributed by atoms with Crippen molar-refractivity contribution >= 4 is 7.12 Å². The fourth-order valence-corrected chi connectivity index (χ4v) is 1.15. The van der Waals surface area contributed by atoms with Crippen LogP contribution in [0.3, 0.4) is 0 Å². The molecule has 13 heavy (non-hydrogen) atoms. The minimum absolute atomic E-state index is 0.191. The van der Waals surface area contributed by atoms with Crippen molar-refractivity contribution in [3.05, 3.63) is 35.9 Å². The highest BCUT2D eigenvalue weighted by atomic mass is 16.4. The minimum atomic E-state index is -1.33. The zero-order valence-electron chi connectivity index (χ0n) is 7.30. The molecule has 0 fully saturated rings. The summed E-state index contributed by atoms with van der Waals surface area (Å²) in [6, 6.07) is 9.18. The molecule has 0 radical (unpaired) electrons. The van der Waals surface area contributed by atoms with Crippen LogP contribution in [0, 0.1) is 0 Å². The first kappa shape index (κ1) is 10.2. The summed E-state index contributed by atoms with van der Waals surface area (Å²) in [5.41, 5.74) is 0.808. The topological polar surface area (TPSA) is 60.7 Å². The molecule has 0 spiro atoms. The highest BCUT2D eigenvalue weighted by Gasteiger charge is 2.12.